The van der Waals surface area contributed by atoms with E-state index in [0.717, 1.165) is 10.8 Å². The second kappa shape index (κ2) is 10.8. The molecule has 2 aromatic carbocycles. The van der Waals surface area contributed by atoms with Gasteiger partial charge >= 0.3 is 11.9 Å². The fourth-order valence-electron chi connectivity index (χ4n) is 2.21. The third-order valence-corrected chi connectivity index (χ3v) is 3.82. The van der Waals surface area contributed by atoms with Crippen LogP contribution in [0.5, 0.6) is 11.5 Å². The normalized spacial score (nSPS) is 10.4. The molecule has 6 nitrogen and oxygen atoms in total. The minimum Gasteiger partial charge on any atom is -0.489 e. The SMILES string of the molecule is O=C(CS)OCCOc1cccc2c(OCCOC(=O)CS)cccc12. The van der Waals surface area contributed by atoms with Gasteiger partial charge in [-0.1, -0.05) is 24.3 Å². The van der Waals surface area contributed by atoms with Crippen LogP contribution in [0.3, 0.4) is 0 Å². The lowest BCUT2D eigenvalue weighted by atomic mass is 10.1. The van der Waals surface area contributed by atoms with Crippen molar-refractivity contribution in [2.24, 2.45) is 0 Å². The van der Waals surface area contributed by atoms with Crippen molar-refractivity contribution in [1.82, 2.24) is 0 Å². The van der Waals surface area contributed by atoms with Crippen molar-refractivity contribution in [3.05, 3.63) is 36.4 Å². The Kier molecular flexibility index (Phi) is 8.43. The van der Waals surface area contributed by atoms with Crippen molar-refractivity contribution in [3.63, 3.8) is 0 Å². The van der Waals surface area contributed by atoms with E-state index in [1.807, 2.05) is 36.4 Å². The molecule has 2 aromatic rings. The molecule has 2 rings (SSSR count). The lowest BCUT2D eigenvalue weighted by Crippen LogP contribution is -2.13. The first-order valence-electron chi connectivity index (χ1n) is 7.96. The highest BCUT2D eigenvalue weighted by atomic mass is 32.1. The number of thiol groups is 2. The number of benzene rings is 2. The topological polar surface area (TPSA) is 71.1 Å². The smallest absolute Gasteiger partial charge is 0.315 e. The van der Waals surface area contributed by atoms with Crippen molar-refractivity contribution in [2.45, 2.75) is 0 Å². The molecule has 8 heteroatoms. The highest BCUT2D eigenvalue weighted by Crippen LogP contribution is 2.32. The summed E-state index contributed by atoms with van der Waals surface area (Å²) >= 11 is 7.68. The first-order chi connectivity index (χ1) is 12.7. The van der Waals surface area contributed by atoms with Crippen LogP contribution < -0.4 is 9.47 Å². The summed E-state index contributed by atoms with van der Waals surface area (Å²) in [6, 6.07) is 11.2. The largest absolute Gasteiger partial charge is 0.489 e. The van der Waals surface area contributed by atoms with E-state index in [1.54, 1.807) is 0 Å². The molecular weight excluding hydrogens is 376 g/mol. The Bertz CT molecular complexity index is 686. The molecule has 0 bridgehead atoms. The molecule has 0 atom stereocenters. The lowest BCUT2D eigenvalue weighted by Gasteiger charge is -2.13. The molecule has 0 saturated carbocycles. The molecule has 0 aliphatic rings. The van der Waals surface area contributed by atoms with E-state index >= 15 is 0 Å². The van der Waals surface area contributed by atoms with Gasteiger partial charge in [0, 0.05) is 10.8 Å². The van der Waals surface area contributed by atoms with Crippen LogP contribution in [0, 0.1) is 0 Å². The highest BCUT2D eigenvalue weighted by molar-refractivity contribution is 7.81. The van der Waals surface area contributed by atoms with Gasteiger partial charge in [0.25, 0.3) is 0 Å². The number of hydrogen-bond donors (Lipinski definition) is 2. The molecule has 26 heavy (non-hydrogen) atoms. The van der Waals surface area contributed by atoms with E-state index in [2.05, 4.69) is 25.3 Å². The number of carbonyl (C=O) groups is 2. The van der Waals surface area contributed by atoms with Gasteiger partial charge in [0.1, 0.15) is 37.9 Å². The van der Waals surface area contributed by atoms with E-state index < -0.39 is 0 Å². The monoisotopic (exact) mass is 396 g/mol. The summed E-state index contributed by atoms with van der Waals surface area (Å²) in [5.74, 6) is 0.636. The summed E-state index contributed by atoms with van der Waals surface area (Å²) in [6.07, 6.45) is 0. The maximum Gasteiger partial charge on any atom is 0.315 e. The molecule has 0 aliphatic carbocycles. The van der Waals surface area contributed by atoms with E-state index in [9.17, 15) is 9.59 Å². The fourth-order valence-corrected chi connectivity index (χ4v) is 2.39. The van der Waals surface area contributed by atoms with Crippen LogP contribution in [0.2, 0.25) is 0 Å². The molecule has 0 aliphatic heterocycles. The number of rotatable bonds is 10. The Morgan fingerprint density at radius 3 is 1.50 bits per heavy atom. The van der Waals surface area contributed by atoms with Crippen LogP contribution in [0.1, 0.15) is 0 Å². The van der Waals surface area contributed by atoms with Gasteiger partial charge in [-0.05, 0) is 12.1 Å². The summed E-state index contributed by atoms with van der Waals surface area (Å²) in [7, 11) is 0. The Balaban J connectivity index is 1.98. The molecule has 0 fully saturated rings. The Hall–Kier alpha value is -2.06. The molecule has 0 radical (unpaired) electrons. The summed E-state index contributed by atoms with van der Waals surface area (Å²) in [4.78, 5) is 22.1. The van der Waals surface area contributed by atoms with E-state index in [-0.39, 0.29) is 49.9 Å². The number of ether oxygens (including phenoxy) is 4. The van der Waals surface area contributed by atoms with Gasteiger partial charge < -0.3 is 18.9 Å². The summed E-state index contributed by atoms with van der Waals surface area (Å²) in [5.41, 5.74) is 0. The van der Waals surface area contributed by atoms with Crippen LogP contribution in [-0.2, 0) is 19.1 Å². The Morgan fingerprint density at radius 1 is 0.692 bits per heavy atom. The molecule has 0 aromatic heterocycles. The van der Waals surface area contributed by atoms with Crippen LogP contribution in [0.15, 0.2) is 36.4 Å². The standard InChI is InChI=1S/C18H20O6S2/c19-17(11-25)23-9-7-21-15-5-1-3-13-14(15)4-2-6-16(13)22-8-10-24-18(20)12-26/h1-6,25-26H,7-12H2. The number of carbonyl (C=O) groups excluding carboxylic acids is 2. The van der Waals surface area contributed by atoms with Crippen molar-refractivity contribution in [1.29, 1.82) is 0 Å². The minimum atomic E-state index is -0.385. The third kappa shape index (κ3) is 6.03. The van der Waals surface area contributed by atoms with Gasteiger partial charge in [-0.25, -0.2) is 0 Å². The number of hydrogen-bond acceptors (Lipinski definition) is 8. The summed E-state index contributed by atoms with van der Waals surface area (Å²) < 4.78 is 21.3. The lowest BCUT2D eigenvalue weighted by molar-refractivity contribution is -0.142. The van der Waals surface area contributed by atoms with Crippen LogP contribution in [0.25, 0.3) is 10.8 Å². The van der Waals surface area contributed by atoms with E-state index in [0.29, 0.717) is 11.5 Å². The maximum absolute atomic E-state index is 11.1. The Labute approximate surface area is 162 Å². The van der Waals surface area contributed by atoms with Gasteiger partial charge in [0.2, 0.25) is 0 Å². The van der Waals surface area contributed by atoms with Gasteiger partial charge in [-0.3, -0.25) is 9.59 Å². The first-order valence-corrected chi connectivity index (χ1v) is 9.22. The van der Waals surface area contributed by atoms with Crippen molar-refractivity contribution < 1.29 is 28.5 Å². The molecule has 0 saturated heterocycles. The number of fused-ring (bicyclic) bond motifs is 1. The van der Waals surface area contributed by atoms with Crippen molar-refractivity contribution in [3.8, 4) is 11.5 Å². The average Bonchev–Trinajstić information content (AvgIpc) is 2.68. The van der Waals surface area contributed by atoms with Gasteiger partial charge in [0.15, 0.2) is 0 Å². The molecule has 0 spiro atoms. The first kappa shape index (κ1) is 20.3. The van der Waals surface area contributed by atoms with Gasteiger partial charge in [-0.15, -0.1) is 0 Å². The zero-order valence-corrected chi connectivity index (χ0v) is 15.8. The zero-order chi connectivity index (χ0) is 18.8. The highest BCUT2D eigenvalue weighted by Gasteiger charge is 2.08. The van der Waals surface area contributed by atoms with Crippen LogP contribution in [-0.4, -0.2) is 49.9 Å². The fraction of sp³-hybridized carbons (Fsp3) is 0.333. The average molecular weight is 396 g/mol. The number of esters is 2. The van der Waals surface area contributed by atoms with Crippen LogP contribution >= 0.6 is 25.3 Å². The maximum atomic E-state index is 11.1. The predicted molar refractivity (Wildman–Crippen MR) is 105 cm³/mol. The zero-order valence-electron chi connectivity index (χ0n) is 14.1. The molecule has 140 valence electrons. The van der Waals surface area contributed by atoms with Gasteiger partial charge in [0.05, 0.1) is 11.5 Å². The van der Waals surface area contributed by atoms with Crippen molar-refractivity contribution >= 4 is 48.0 Å². The second-order valence-electron chi connectivity index (χ2n) is 5.06. The van der Waals surface area contributed by atoms with E-state index in [1.165, 1.54) is 0 Å². The van der Waals surface area contributed by atoms with E-state index in [4.69, 9.17) is 18.9 Å². The summed E-state index contributed by atoms with van der Waals surface area (Å²) in [6.45, 7) is 0.789. The summed E-state index contributed by atoms with van der Waals surface area (Å²) in [5, 5.41) is 1.75. The molecular formula is C18H20O6S2. The van der Waals surface area contributed by atoms with Crippen molar-refractivity contribution in [2.75, 3.05) is 37.9 Å². The quantitative estimate of drug-likeness (QED) is 0.365. The molecule has 0 unspecified atom stereocenters. The van der Waals surface area contributed by atoms with Gasteiger partial charge in [-0.2, -0.15) is 25.3 Å². The second-order valence-corrected chi connectivity index (χ2v) is 5.69. The Morgan fingerprint density at radius 2 is 1.12 bits per heavy atom. The molecule has 0 N–H and O–H groups in total. The third-order valence-electron chi connectivity index (χ3n) is 3.31. The molecule has 0 heterocycles. The van der Waals surface area contributed by atoms with Crippen LogP contribution in [0.4, 0.5) is 0 Å². The molecule has 0 amide bonds. The predicted octanol–water partition coefficient (Wildman–Crippen LogP) is 2.54. The minimum absolute atomic E-state index is 0.0400.